The molecule has 1 aromatic carbocycles. The first kappa shape index (κ1) is 22.9. The predicted octanol–water partition coefficient (Wildman–Crippen LogP) is 6.41. The summed E-state index contributed by atoms with van der Waals surface area (Å²) < 4.78 is 13.4. The second kappa shape index (κ2) is 7.83. The van der Waals surface area contributed by atoms with Crippen LogP contribution < -0.4 is 5.32 Å². The lowest BCUT2D eigenvalue weighted by atomic mass is 9.48. The van der Waals surface area contributed by atoms with Crippen LogP contribution in [-0.2, 0) is 9.59 Å². The van der Waals surface area contributed by atoms with E-state index in [1.54, 1.807) is 6.07 Å². The summed E-state index contributed by atoms with van der Waals surface area (Å²) in [6.07, 6.45) is 6.62. The van der Waals surface area contributed by atoms with Crippen molar-refractivity contribution in [2.75, 3.05) is 12.4 Å². The maximum atomic E-state index is 13.4. The summed E-state index contributed by atoms with van der Waals surface area (Å²) in [5.74, 6) is 1.35. The second-order valence-electron chi connectivity index (χ2n) is 11.4. The van der Waals surface area contributed by atoms with E-state index in [1.165, 1.54) is 23.4 Å². The Balaban J connectivity index is 1.41. The molecule has 6 atom stereocenters. The first-order valence-corrected chi connectivity index (χ1v) is 12.7. The monoisotopic (exact) mass is 472 g/mol. The van der Waals surface area contributed by atoms with Gasteiger partial charge in [0.05, 0.1) is 10.7 Å². The van der Waals surface area contributed by atoms with Crippen molar-refractivity contribution in [3.8, 4) is 0 Å². The number of rotatable bonds is 2. The molecule has 4 aliphatic rings. The molecule has 4 nitrogen and oxygen atoms in total. The van der Waals surface area contributed by atoms with E-state index in [0.717, 1.165) is 38.5 Å². The first-order valence-electron chi connectivity index (χ1n) is 12.3. The lowest BCUT2D eigenvalue weighted by Gasteiger charge is -2.59. The number of likely N-dealkylation sites (tertiary alicyclic amines) is 1. The number of nitrogens with one attached hydrogen (secondary N) is 1. The summed E-state index contributed by atoms with van der Waals surface area (Å²) in [6, 6.07) is 4.11. The van der Waals surface area contributed by atoms with Gasteiger partial charge in [0, 0.05) is 30.5 Å². The Morgan fingerprint density at radius 2 is 1.94 bits per heavy atom. The third-order valence-corrected chi connectivity index (χ3v) is 10.1. The molecular weight excluding hydrogens is 439 g/mol. The molecule has 178 valence electrons. The number of hydrogen-bond acceptors (Lipinski definition) is 2. The molecule has 0 aromatic heterocycles. The van der Waals surface area contributed by atoms with E-state index in [9.17, 15) is 14.0 Å². The number of hydrogen-bond donors (Lipinski definition) is 1. The van der Waals surface area contributed by atoms with E-state index < -0.39 is 5.82 Å². The molecule has 1 aromatic rings. The Kier molecular flexibility index (Phi) is 5.43. The van der Waals surface area contributed by atoms with Crippen LogP contribution in [0.5, 0.6) is 0 Å². The molecule has 6 heteroatoms. The predicted molar refractivity (Wildman–Crippen MR) is 128 cm³/mol. The number of halogens is 2. The molecule has 3 fully saturated rings. The normalized spacial score (nSPS) is 38.0. The van der Waals surface area contributed by atoms with E-state index in [2.05, 4.69) is 26.1 Å². The maximum absolute atomic E-state index is 13.4. The van der Waals surface area contributed by atoms with Crippen LogP contribution in [-0.4, -0.2) is 23.8 Å². The van der Waals surface area contributed by atoms with Crippen LogP contribution >= 0.6 is 11.6 Å². The fraction of sp³-hybridized carbons (Fsp3) is 0.630. The van der Waals surface area contributed by atoms with Gasteiger partial charge in [-0.15, -0.1) is 0 Å². The zero-order chi connectivity index (χ0) is 23.7. The molecule has 5 rings (SSSR count). The molecule has 33 heavy (non-hydrogen) atoms. The molecule has 1 N–H and O–H groups in total. The Morgan fingerprint density at radius 3 is 2.67 bits per heavy atom. The minimum Gasteiger partial charge on any atom is -0.325 e. The zero-order valence-electron chi connectivity index (χ0n) is 20.0. The minimum atomic E-state index is -0.409. The number of amides is 2. The van der Waals surface area contributed by atoms with Crippen LogP contribution in [0.2, 0.25) is 5.02 Å². The van der Waals surface area contributed by atoms with Crippen LogP contribution in [0.1, 0.15) is 65.7 Å². The molecule has 1 saturated heterocycles. The summed E-state index contributed by atoms with van der Waals surface area (Å²) in [6.45, 7) is 6.90. The number of benzene rings is 1. The van der Waals surface area contributed by atoms with Crippen LogP contribution in [0.25, 0.3) is 0 Å². The number of allylic oxidation sites excluding steroid dienone is 2. The molecule has 3 aliphatic carbocycles. The third kappa shape index (κ3) is 3.37. The van der Waals surface area contributed by atoms with Gasteiger partial charge in [-0.1, -0.05) is 31.0 Å². The smallest absolute Gasteiger partial charge is 0.228 e. The number of carbonyl (C=O) groups excluding carboxylic acids is 2. The van der Waals surface area contributed by atoms with Gasteiger partial charge in [-0.25, -0.2) is 4.39 Å². The average Bonchev–Trinajstić information content (AvgIpc) is 3.10. The van der Waals surface area contributed by atoms with Crippen molar-refractivity contribution in [3.63, 3.8) is 0 Å². The summed E-state index contributed by atoms with van der Waals surface area (Å²) in [5.41, 5.74) is 3.08. The van der Waals surface area contributed by atoms with Crippen LogP contribution in [0.4, 0.5) is 10.1 Å². The second-order valence-corrected chi connectivity index (χ2v) is 11.8. The molecule has 0 bridgehead atoms. The Labute approximate surface area is 200 Å². The molecule has 1 heterocycles. The van der Waals surface area contributed by atoms with Crippen LogP contribution in [0.3, 0.4) is 0 Å². The zero-order valence-corrected chi connectivity index (χ0v) is 20.8. The van der Waals surface area contributed by atoms with Crippen molar-refractivity contribution < 1.29 is 14.0 Å². The molecule has 2 saturated carbocycles. The van der Waals surface area contributed by atoms with Crippen molar-refractivity contribution in [1.82, 2.24) is 4.90 Å². The highest BCUT2D eigenvalue weighted by molar-refractivity contribution is 6.33. The van der Waals surface area contributed by atoms with Gasteiger partial charge in [0.15, 0.2) is 0 Å². The van der Waals surface area contributed by atoms with Crippen molar-refractivity contribution in [2.24, 2.45) is 34.5 Å². The average molecular weight is 473 g/mol. The van der Waals surface area contributed by atoms with Gasteiger partial charge in [-0.3, -0.25) is 9.59 Å². The Morgan fingerprint density at radius 1 is 1.18 bits per heavy atom. The third-order valence-electron chi connectivity index (χ3n) is 9.82. The van der Waals surface area contributed by atoms with Crippen molar-refractivity contribution in [1.29, 1.82) is 0 Å². The molecule has 0 radical (unpaired) electrons. The Hall–Kier alpha value is -1.88. The van der Waals surface area contributed by atoms with Gasteiger partial charge in [0.2, 0.25) is 11.8 Å². The van der Waals surface area contributed by atoms with Gasteiger partial charge in [-0.05, 0) is 86.8 Å². The van der Waals surface area contributed by atoms with Crippen molar-refractivity contribution in [3.05, 3.63) is 40.3 Å². The van der Waals surface area contributed by atoms with E-state index in [1.807, 2.05) is 11.9 Å². The molecule has 2 amide bonds. The minimum absolute atomic E-state index is 0.00456. The Bertz CT molecular complexity index is 1050. The fourth-order valence-electron chi connectivity index (χ4n) is 8.35. The highest BCUT2D eigenvalue weighted by atomic mass is 35.5. The number of carbonyl (C=O) groups is 2. The highest BCUT2D eigenvalue weighted by Gasteiger charge is 2.61. The van der Waals surface area contributed by atoms with Gasteiger partial charge < -0.3 is 10.2 Å². The van der Waals surface area contributed by atoms with E-state index in [4.69, 9.17) is 11.6 Å². The van der Waals surface area contributed by atoms with Crippen LogP contribution in [0, 0.1) is 40.3 Å². The van der Waals surface area contributed by atoms with Gasteiger partial charge in [-0.2, -0.15) is 0 Å². The van der Waals surface area contributed by atoms with Gasteiger partial charge in [0.1, 0.15) is 5.82 Å². The quantitative estimate of drug-likeness (QED) is 0.540. The van der Waals surface area contributed by atoms with Crippen molar-refractivity contribution >= 4 is 29.1 Å². The maximum Gasteiger partial charge on any atom is 0.228 e. The lowest BCUT2D eigenvalue weighted by molar-refractivity contribution is -0.137. The number of piperidine rings is 1. The molecule has 1 aliphatic heterocycles. The van der Waals surface area contributed by atoms with Gasteiger partial charge >= 0.3 is 0 Å². The van der Waals surface area contributed by atoms with E-state index >= 15 is 0 Å². The molecule has 0 spiro atoms. The van der Waals surface area contributed by atoms with Gasteiger partial charge in [0.25, 0.3) is 0 Å². The number of nitrogens with zero attached hydrogens (tertiary/aromatic N) is 1. The SMILES string of the molecule is CC1=C2N(C)C(=O)CC[C@]2(C)[C@H]2CC[C@]3(C)[C@@H](C(=O)Nc4ccc(F)cc4Cl)CC[C@H]3[C@@H]2C1. The molecular formula is C27H34ClFN2O2. The fourth-order valence-corrected chi connectivity index (χ4v) is 8.56. The summed E-state index contributed by atoms with van der Waals surface area (Å²) in [7, 11) is 1.95. The van der Waals surface area contributed by atoms with Crippen molar-refractivity contribution in [2.45, 2.75) is 65.7 Å². The standard InChI is InChI=1S/C27H34ClFN2O2/c1-15-13-17-18-6-7-20(25(33)30-22-8-5-16(29)14-21(22)28)26(18,2)11-9-19(17)27(3)12-10-23(32)31(4)24(15)27/h5,8,14,17-20H,6-7,9-13H2,1-4H3,(H,30,33)/t17-,18-,19-,20+,26-,27+/m0/s1. The summed E-state index contributed by atoms with van der Waals surface area (Å²) >= 11 is 6.17. The summed E-state index contributed by atoms with van der Waals surface area (Å²) in [4.78, 5) is 27.8. The molecule has 0 unspecified atom stereocenters. The topological polar surface area (TPSA) is 49.4 Å². The van der Waals surface area contributed by atoms with Crippen LogP contribution in [0.15, 0.2) is 29.5 Å². The van der Waals surface area contributed by atoms with E-state index in [-0.39, 0.29) is 33.6 Å². The number of anilines is 1. The largest absolute Gasteiger partial charge is 0.325 e. The lowest BCUT2D eigenvalue weighted by Crippen LogP contribution is -2.54. The highest BCUT2D eigenvalue weighted by Crippen LogP contribution is 2.66. The summed E-state index contributed by atoms with van der Waals surface area (Å²) in [5, 5.41) is 3.22. The number of fused-ring (bicyclic) bond motifs is 5. The van der Waals surface area contributed by atoms with E-state index in [0.29, 0.717) is 29.9 Å². The first-order chi connectivity index (χ1) is 15.6.